The van der Waals surface area contributed by atoms with Crippen LogP contribution in [0.5, 0.6) is 0 Å². The average molecular weight is 417 g/mol. The Kier molecular flexibility index (Phi) is 5.92. The maximum absolute atomic E-state index is 5.72. The van der Waals surface area contributed by atoms with Gasteiger partial charge < -0.3 is 0 Å². The molecule has 3 N–H and O–H groups in total. The summed E-state index contributed by atoms with van der Waals surface area (Å²) in [6.45, 7) is 5.02. The first kappa shape index (κ1) is 16.6. The van der Waals surface area contributed by atoms with E-state index < -0.39 is 0 Å². The van der Waals surface area contributed by atoms with Crippen molar-refractivity contribution in [3.05, 3.63) is 44.4 Å². The molecule has 0 bridgehead atoms. The van der Waals surface area contributed by atoms with Crippen molar-refractivity contribution >= 4 is 31.9 Å². The number of hydrazine groups is 1. The van der Waals surface area contributed by atoms with Crippen molar-refractivity contribution in [2.24, 2.45) is 5.84 Å². The number of nitrogens with zero attached hydrogens (tertiary/aromatic N) is 3. The quantitative estimate of drug-likeness (QED) is 0.560. The molecule has 2 heterocycles. The molecule has 1 unspecified atom stereocenters. The third-order valence-corrected chi connectivity index (χ3v) is 4.78. The van der Waals surface area contributed by atoms with Crippen LogP contribution >= 0.6 is 31.9 Å². The molecule has 0 radical (unpaired) electrons. The van der Waals surface area contributed by atoms with Crippen LogP contribution in [0.25, 0.3) is 0 Å². The van der Waals surface area contributed by atoms with Gasteiger partial charge in [0.25, 0.3) is 0 Å². The lowest BCUT2D eigenvalue weighted by Gasteiger charge is -2.16. The Hall–Kier alpha value is -0.760. The van der Waals surface area contributed by atoms with E-state index in [0.717, 1.165) is 45.4 Å². The molecule has 0 amide bonds. The van der Waals surface area contributed by atoms with E-state index in [4.69, 9.17) is 5.84 Å². The summed E-state index contributed by atoms with van der Waals surface area (Å²) in [6.07, 6.45) is 3.41. The zero-order valence-electron chi connectivity index (χ0n) is 12.1. The largest absolute Gasteiger partial charge is 0.271 e. The molecule has 0 aliphatic carbocycles. The van der Waals surface area contributed by atoms with Crippen molar-refractivity contribution in [1.82, 2.24) is 20.2 Å². The van der Waals surface area contributed by atoms with Gasteiger partial charge in [0.2, 0.25) is 0 Å². The summed E-state index contributed by atoms with van der Waals surface area (Å²) >= 11 is 7.06. The second kappa shape index (κ2) is 7.49. The van der Waals surface area contributed by atoms with Crippen LogP contribution in [-0.4, -0.2) is 14.8 Å². The second-order valence-electron chi connectivity index (χ2n) is 4.70. The van der Waals surface area contributed by atoms with Crippen molar-refractivity contribution in [3.63, 3.8) is 0 Å². The molecular weight excluding hydrogens is 398 g/mol. The zero-order chi connectivity index (χ0) is 15.4. The maximum Gasteiger partial charge on any atom is 0.0766 e. The molecule has 0 saturated heterocycles. The van der Waals surface area contributed by atoms with Gasteiger partial charge in [0.15, 0.2) is 0 Å². The predicted molar refractivity (Wildman–Crippen MR) is 90.7 cm³/mol. The summed E-state index contributed by atoms with van der Waals surface area (Å²) in [6, 6.07) is 3.88. The second-order valence-corrected chi connectivity index (χ2v) is 6.41. The minimum Gasteiger partial charge on any atom is -0.271 e. The van der Waals surface area contributed by atoms with Crippen LogP contribution in [0.15, 0.2) is 27.3 Å². The van der Waals surface area contributed by atoms with E-state index in [2.05, 4.69) is 61.2 Å². The highest BCUT2D eigenvalue weighted by Crippen LogP contribution is 2.27. The SMILES string of the molecule is CCc1nn(CC)c(CC(NN)c2ccc(Br)cn2)c1Br. The molecular formula is C14H19Br2N5. The standard InChI is InChI=1S/C14H19Br2N5/c1-3-10-14(16)13(21(4-2)20-10)7-12(19-17)11-6-5-9(15)8-18-11/h5-6,8,12,19H,3-4,7,17H2,1-2H3. The molecule has 2 aromatic rings. The summed E-state index contributed by atoms with van der Waals surface area (Å²) in [5, 5.41) is 4.62. The lowest BCUT2D eigenvalue weighted by atomic mass is 10.1. The Morgan fingerprint density at radius 2 is 2.10 bits per heavy atom. The van der Waals surface area contributed by atoms with Crippen LogP contribution in [0.1, 0.15) is 37.0 Å². The number of aromatic nitrogens is 3. The highest BCUT2D eigenvalue weighted by molar-refractivity contribution is 9.10. The van der Waals surface area contributed by atoms with E-state index in [-0.39, 0.29) is 6.04 Å². The summed E-state index contributed by atoms with van der Waals surface area (Å²) < 4.78 is 4.05. The third-order valence-electron chi connectivity index (χ3n) is 3.40. The molecule has 7 heteroatoms. The number of nitrogens with one attached hydrogen (secondary N) is 1. The molecule has 114 valence electrons. The van der Waals surface area contributed by atoms with Crippen LogP contribution in [0.4, 0.5) is 0 Å². The van der Waals surface area contributed by atoms with Gasteiger partial charge >= 0.3 is 0 Å². The first-order valence-electron chi connectivity index (χ1n) is 6.92. The molecule has 2 rings (SSSR count). The smallest absolute Gasteiger partial charge is 0.0766 e. The highest BCUT2D eigenvalue weighted by atomic mass is 79.9. The van der Waals surface area contributed by atoms with E-state index in [1.165, 1.54) is 0 Å². The first-order valence-corrected chi connectivity index (χ1v) is 8.50. The van der Waals surface area contributed by atoms with E-state index in [1.807, 2.05) is 16.8 Å². The summed E-state index contributed by atoms with van der Waals surface area (Å²) in [5.74, 6) is 5.72. The number of halogens is 2. The number of hydrogen-bond acceptors (Lipinski definition) is 4. The maximum atomic E-state index is 5.72. The van der Waals surface area contributed by atoms with Crippen molar-refractivity contribution in [2.45, 2.75) is 39.3 Å². The van der Waals surface area contributed by atoms with Gasteiger partial charge in [-0.1, -0.05) is 6.92 Å². The highest BCUT2D eigenvalue weighted by Gasteiger charge is 2.19. The molecule has 5 nitrogen and oxygen atoms in total. The van der Waals surface area contributed by atoms with Crippen molar-refractivity contribution in [1.29, 1.82) is 0 Å². The average Bonchev–Trinajstić information content (AvgIpc) is 2.81. The van der Waals surface area contributed by atoms with Crippen LogP contribution in [0, 0.1) is 0 Å². The summed E-state index contributed by atoms with van der Waals surface area (Å²) in [7, 11) is 0. The molecule has 0 fully saturated rings. The minimum absolute atomic E-state index is 0.0545. The van der Waals surface area contributed by atoms with E-state index in [9.17, 15) is 0 Å². The molecule has 0 aliphatic heterocycles. The molecule has 1 atom stereocenters. The zero-order valence-corrected chi connectivity index (χ0v) is 15.3. The van der Waals surface area contributed by atoms with E-state index in [0.29, 0.717) is 0 Å². The van der Waals surface area contributed by atoms with Crippen molar-refractivity contribution in [2.75, 3.05) is 0 Å². The molecule has 0 saturated carbocycles. The van der Waals surface area contributed by atoms with E-state index in [1.54, 1.807) is 6.20 Å². The number of rotatable bonds is 6. The lowest BCUT2D eigenvalue weighted by molar-refractivity contribution is 0.506. The van der Waals surface area contributed by atoms with Gasteiger partial charge in [-0.15, -0.1) is 0 Å². The molecule has 0 spiro atoms. The predicted octanol–water partition coefficient (Wildman–Crippen LogP) is 3.13. The normalized spacial score (nSPS) is 12.6. The fraction of sp³-hybridized carbons (Fsp3) is 0.429. The van der Waals surface area contributed by atoms with E-state index >= 15 is 0 Å². The first-order chi connectivity index (χ1) is 10.1. The molecule has 21 heavy (non-hydrogen) atoms. The Bertz CT molecular complexity index is 594. The molecule has 0 aliphatic rings. The van der Waals surface area contributed by atoms with Crippen LogP contribution in [-0.2, 0) is 19.4 Å². The van der Waals surface area contributed by atoms with Gasteiger partial charge in [-0.3, -0.25) is 20.9 Å². The summed E-state index contributed by atoms with van der Waals surface area (Å²) in [4.78, 5) is 4.42. The van der Waals surface area contributed by atoms with Gasteiger partial charge in [0, 0.05) is 23.6 Å². The fourth-order valence-corrected chi connectivity index (χ4v) is 3.21. The van der Waals surface area contributed by atoms with Gasteiger partial charge in [0.05, 0.1) is 27.6 Å². The van der Waals surface area contributed by atoms with Crippen LogP contribution in [0.2, 0.25) is 0 Å². The van der Waals surface area contributed by atoms with Gasteiger partial charge in [0.1, 0.15) is 0 Å². The van der Waals surface area contributed by atoms with Gasteiger partial charge in [-0.2, -0.15) is 5.10 Å². The molecule has 0 aromatic carbocycles. The molecule has 2 aromatic heterocycles. The van der Waals surface area contributed by atoms with Crippen LogP contribution < -0.4 is 11.3 Å². The summed E-state index contributed by atoms with van der Waals surface area (Å²) in [5.41, 5.74) is 5.98. The van der Waals surface area contributed by atoms with Crippen LogP contribution in [0.3, 0.4) is 0 Å². The van der Waals surface area contributed by atoms with Gasteiger partial charge in [-0.05, 0) is 57.3 Å². The Morgan fingerprint density at radius 3 is 2.62 bits per heavy atom. The Morgan fingerprint density at radius 1 is 1.33 bits per heavy atom. The number of hydrogen-bond donors (Lipinski definition) is 2. The van der Waals surface area contributed by atoms with Crippen molar-refractivity contribution < 1.29 is 0 Å². The Labute approximate surface area is 141 Å². The number of aryl methyl sites for hydroxylation is 2. The minimum atomic E-state index is -0.0545. The fourth-order valence-electron chi connectivity index (χ4n) is 2.25. The topological polar surface area (TPSA) is 68.8 Å². The monoisotopic (exact) mass is 415 g/mol. The Balaban J connectivity index is 2.30. The number of nitrogens with two attached hydrogens (primary N) is 1. The third kappa shape index (κ3) is 3.71. The van der Waals surface area contributed by atoms with Crippen molar-refractivity contribution in [3.8, 4) is 0 Å². The van der Waals surface area contributed by atoms with Gasteiger partial charge in [-0.25, -0.2) is 0 Å². The number of pyridine rings is 1. The lowest BCUT2D eigenvalue weighted by Crippen LogP contribution is -2.31.